The molecule has 0 saturated carbocycles. The molecule has 0 aromatic heterocycles. The van der Waals surface area contributed by atoms with Crippen LogP contribution in [0.25, 0.3) is 22.8 Å². The van der Waals surface area contributed by atoms with Gasteiger partial charge in [0.1, 0.15) is 24.3 Å². The molecule has 0 spiro atoms. The molecular formula is C26H16N2O2. The van der Waals surface area contributed by atoms with E-state index in [2.05, 4.69) is 6.58 Å². The Bertz CT molecular complexity index is 1290. The van der Waals surface area contributed by atoms with Crippen LogP contribution >= 0.6 is 0 Å². The highest BCUT2D eigenvalue weighted by atomic mass is 16.5. The molecule has 0 bridgehead atoms. The van der Waals surface area contributed by atoms with E-state index in [0.29, 0.717) is 22.3 Å². The van der Waals surface area contributed by atoms with Gasteiger partial charge in [0.2, 0.25) is 0 Å². The molecule has 4 heteroatoms. The zero-order chi connectivity index (χ0) is 21.1. The molecule has 0 saturated heterocycles. The van der Waals surface area contributed by atoms with Crippen LogP contribution < -0.4 is 0 Å². The van der Waals surface area contributed by atoms with E-state index in [4.69, 9.17) is 4.74 Å². The Labute approximate surface area is 174 Å². The van der Waals surface area contributed by atoms with Gasteiger partial charge in [0.25, 0.3) is 0 Å². The molecule has 0 heterocycles. The minimum Gasteiger partial charge on any atom is -0.457 e. The lowest BCUT2D eigenvalue weighted by Crippen LogP contribution is -2.08. The number of esters is 1. The molecule has 3 aromatic carbocycles. The van der Waals surface area contributed by atoms with Crippen LogP contribution in [-0.2, 0) is 11.3 Å². The molecule has 30 heavy (non-hydrogen) atoms. The summed E-state index contributed by atoms with van der Waals surface area (Å²) < 4.78 is 5.61. The maximum absolute atomic E-state index is 13.0. The summed E-state index contributed by atoms with van der Waals surface area (Å²) in [5.41, 5.74) is 5.71. The van der Waals surface area contributed by atoms with Crippen molar-refractivity contribution < 1.29 is 9.53 Å². The normalized spacial score (nSPS) is 10.9. The zero-order valence-corrected chi connectivity index (χ0v) is 16.1. The fourth-order valence-electron chi connectivity index (χ4n) is 3.78. The molecule has 0 atom stereocenters. The molecule has 0 N–H and O–H groups in total. The summed E-state index contributed by atoms with van der Waals surface area (Å²) >= 11 is 0. The first-order valence-corrected chi connectivity index (χ1v) is 9.34. The van der Waals surface area contributed by atoms with Crippen LogP contribution in [-0.4, -0.2) is 5.97 Å². The summed E-state index contributed by atoms with van der Waals surface area (Å²) in [4.78, 5) is 13.0. The molecular weight excluding hydrogens is 372 g/mol. The second-order valence-corrected chi connectivity index (χ2v) is 6.73. The zero-order valence-electron chi connectivity index (χ0n) is 16.1. The van der Waals surface area contributed by atoms with E-state index in [1.807, 2.05) is 66.7 Å². The third-order valence-electron chi connectivity index (χ3n) is 5.13. The first-order valence-electron chi connectivity index (χ1n) is 9.34. The average molecular weight is 388 g/mol. The van der Waals surface area contributed by atoms with Gasteiger partial charge in [0, 0.05) is 11.1 Å². The first kappa shape index (κ1) is 18.9. The van der Waals surface area contributed by atoms with Crippen molar-refractivity contribution in [2.24, 2.45) is 0 Å². The number of fused-ring (bicyclic) bond motifs is 3. The Morgan fingerprint density at radius 3 is 2.30 bits per heavy atom. The number of ether oxygens (including phenoxy) is 1. The number of carbonyl (C=O) groups is 1. The lowest BCUT2D eigenvalue weighted by Gasteiger charge is -2.11. The number of allylic oxidation sites excluding steroid dienone is 1. The van der Waals surface area contributed by atoms with Gasteiger partial charge in [-0.15, -0.1) is 0 Å². The van der Waals surface area contributed by atoms with Crippen molar-refractivity contribution in [1.82, 2.24) is 0 Å². The van der Waals surface area contributed by atoms with Gasteiger partial charge in [0.15, 0.2) is 0 Å². The number of hydrogen-bond donors (Lipinski definition) is 0. The molecule has 0 unspecified atom stereocenters. The summed E-state index contributed by atoms with van der Waals surface area (Å²) in [7, 11) is 0. The molecule has 142 valence electrons. The van der Waals surface area contributed by atoms with E-state index in [9.17, 15) is 15.3 Å². The van der Waals surface area contributed by atoms with Gasteiger partial charge in [-0.3, -0.25) is 0 Å². The van der Waals surface area contributed by atoms with Crippen molar-refractivity contribution in [3.63, 3.8) is 0 Å². The Balaban J connectivity index is 1.78. The highest BCUT2D eigenvalue weighted by molar-refractivity contribution is 6.10. The van der Waals surface area contributed by atoms with Crippen LogP contribution in [0.2, 0.25) is 0 Å². The summed E-state index contributed by atoms with van der Waals surface area (Å²) in [5, 5.41) is 18.9. The lowest BCUT2D eigenvalue weighted by molar-refractivity contribution is 0.0473. The Morgan fingerprint density at radius 1 is 0.900 bits per heavy atom. The van der Waals surface area contributed by atoms with Gasteiger partial charge in [-0.1, -0.05) is 73.3 Å². The molecule has 0 radical (unpaired) electrons. The van der Waals surface area contributed by atoms with Crippen molar-refractivity contribution in [3.05, 3.63) is 107 Å². The fourth-order valence-corrected chi connectivity index (χ4v) is 3.78. The number of hydrogen-bond acceptors (Lipinski definition) is 4. The van der Waals surface area contributed by atoms with Gasteiger partial charge < -0.3 is 4.74 Å². The van der Waals surface area contributed by atoms with E-state index in [0.717, 1.165) is 22.3 Å². The van der Waals surface area contributed by atoms with Crippen LogP contribution in [0.3, 0.4) is 0 Å². The van der Waals surface area contributed by atoms with Crippen molar-refractivity contribution in [2.75, 3.05) is 0 Å². The maximum atomic E-state index is 13.0. The SMILES string of the molecule is C=Cc1ccccc1COC(=O)c1cccc2c1-c1ccccc1C2=C(C#N)C#N. The highest BCUT2D eigenvalue weighted by Crippen LogP contribution is 2.47. The maximum Gasteiger partial charge on any atom is 0.339 e. The van der Waals surface area contributed by atoms with Crippen LogP contribution in [0.1, 0.15) is 32.6 Å². The minimum absolute atomic E-state index is 0.0200. The quantitative estimate of drug-likeness (QED) is 0.341. The van der Waals surface area contributed by atoms with Gasteiger partial charge in [-0.05, 0) is 33.9 Å². The van der Waals surface area contributed by atoms with E-state index < -0.39 is 5.97 Å². The summed E-state index contributed by atoms with van der Waals surface area (Å²) in [6.07, 6.45) is 1.72. The second-order valence-electron chi connectivity index (χ2n) is 6.73. The number of carbonyl (C=O) groups excluding carboxylic acids is 1. The van der Waals surface area contributed by atoms with Gasteiger partial charge >= 0.3 is 5.97 Å². The van der Waals surface area contributed by atoms with Gasteiger partial charge in [0.05, 0.1) is 5.56 Å². The standard InChI is InChI=1S/C26H16N2O2/c1-2-17-8-3-4-9-18(17)16-30-26(29)23-13-7-12-22-24(19(14-27)15-28)20-10-5-6-11-21(20)25(22)23/h2-13H,1,16H2. The molecule has 1 aliphatic rings. The molecule has 4 rings (SSSR count). The number of rotatable bonds is 4. The molecule has 0 aliphatic heterocycles. The van der Waals surface area contributed by atoms with Crippen molar-refractivity contribution >= 4 is 17.6 Å². The Hall–Kier alpha value is -4.41. The number of nitriles is 2. The van der Waals surface area contributed by atoms with E-state index in [1.54, 1.807) is 18.2 Å². The molecule has 0 fully saturated rings. The van der Waals surface area contributed by atoms with E-state index >= 15 is 0 Å². The van der Waals surface area contributed by atoms with Crippen LogP contribution in [0.4, 0.5) is 0 Å². The molecule has 4 nitrogen and oxygen atoms in total. The van der Waals surface area contributed by atoms with Crippen LogP contribution in [0.15, 0.2) is 78.9 Å². The van der Waals surface area contributed by atoms with E-state index in [-0.39, 0.29) is 12.2 Å². The van der Waals surface area contributed by atoms with Crippen molar-refractivity contribution in [3.8, 4) is 23.3 Å². The predicted octanol–water partition coefficient (Wildman–Crippen LogP) is 5.52. The Kier molecular flexibility index (Phi) is 4.99. The smallest absolute Gasteiger partial charge is 0.339 e. The third kappa shape index (κ3) is 3.07. The van der Waals surface area contributed by atoms with Crippen molar-refractivity contribution in [2.45, 2.75) is 6.61 Å². The second kappa shape index (κ2) is 7.91. The minimum atomic E-state index is -0.461. The predicted molar refractivity (Wildman–Crippen MR) is 115 cm³/mol. The third-order valence-corrected chi connectivity index (χ3v) is 5.13. The lowest BCUT2D eigenvalue weighted by atomic mass is 9.97. The molecule has 1 aliphatic carbocycles. The highest BCUT2D eigenvalue weighted by Gasteiger charge is 2.30. The number of benzene rings is 3. The van der Waals surface area contributed by atoms with E-state index in [1.165, 1.54) is 0 Å². The topological polar surface area (TPSA) is 73.9 Å². The Morgan fingerprint density at radius 2 is 1.57 bits per heavy atom. The molecule has 3 aromatic rings. The summed E-state index contributed by atoms with van der Waals surface area (Å²) in [5.74, 6) is -0.461. The fraction of sp³-hybridized carbons (Fsp3) is 0.0385. The number of nitrogens with zero attached hydrogens (tertiary/aromatic N) is 2. The molecule has 0 amide bonds. The first-order chi connectivity index (χ1) is 14.7. The van der Waals surface area contributed by atoms with Crippen molar-refractivity contribution in [1.29, 1.82) is 10.5 Å². The van der Waals surface area contributed by atoms with Gasteiger partial charge in [-0.25, -0.2) is 4.79 Å². The average Bonchev–Trinajstić information content (AvgIpc) is 3.13. The summed E-state index contributed by atoms with van der Waals surface area (Å²) in [6.45, 7) is 3.91. The summed E-state index contributed by atoms with van der Waals surface area (Å²) in [6, 6.07) is 24.3. The van der Waals surface area contributed by atoms with Crippen LogP contribution in [0.5, 0.6) is 0 Å². The monoisotopic (exact) mass is 388 g/mol. The van der Waals surface area contributed by atoms with Gasteiger partial charge in [-0.2, -0.15) is 10.5 Å². The largest absolute Gasteiger partial charge is 0.457 e. The van der Waals surface area contributed by atoms with Crippen LogP contribution in [0, 0.1) is 22.7 Å².